The fourth-order valence-electron chi connectivity index (χ4n) is 1.20. The molecule has 0 radical (unpaired) electrons. The smallest absolute Gasteiger partial charge is 0.660 e. The van der Waals surface area contributed by atoms with E-state index in [1.807, 2.05) is 30.3 Å². The molecule has 17 heavy (non-hydrogen) atoms. The molecule has 1 aromatic carbocycles. The van der Waals surface area contributed by atoms with Gasteiger partial charge in [0.2, 0.25) is 0 Å². The first-order valence-corrected chi connectivity index (χ1v) is 5.46. The number of nitrogens with zero attached hydrogens (tertiary/aromatic N) is 1. The molecule has 0 bridgehead atoms. The average Bonchev–Trinajstić information content (AvgIpc) is 2.47. The van der Waals surface area contributed by atoms with Gasteiger partial charge < -0.3 is 16.0 Å². The first-order chi connectivity index (χ1) is 7.50. The monoisotopic (exact) mass is 289 g/mol. The molecule has 1 aliphatic rings. The molecule has 5 heteroatoms. The van der Waals surface area contributed by atoms with E-state index in [2.05, 4.69) is 22.0 Å². The van der Waals surface area contributed by atoms with Crippen LogP contribution in [-0.4, -0.2) is 39.3 Å². The third-order valence-electron chi connectivity index (χ3n) is 1.98. The van der Waals surface area contributed by atoms with Crippen molar-refractivity contribution in [3.05, 3.63) is 41.7 Å². The van der Waals surface area contributed by atoms with Crippen molar-refractivity contribution in [1.82, 2.24) is 10.6 Å². The molecule has 0 amide bonds. The van der Waals surface area contributed by atoms with Gasteiger partial charge in [0, 0.05) is 13.1 Å². The summed E-state index contributed by atoms with van der Waals surface area (Å²) in [6.07, 6.45) is 0. The van der Waals surface area contributed by atoms with Crippen LogP contribution in [0, 0.1) is 6.07 Å². The van der Waals surface area contributed by atoms with E-state index < -0.39 is 0 Å². The summed E-state index contributed by atoms with van der Waals surface area (Å²) in [6, 6.07) is 12.5. The van der Waals surface area contributed by atoms with Crippen LogP contribution in [0.4, 0.5) is 0 Å². The molecule has 1 aliphatic heterocycles. The second kappa shape index (κ2) is 16.1. The van der Waals surface area contributed by atoms with Crippen molar-refractivity contribution in [1.29, 1.82) is 0 Å². The number of benzene rings is 1. The van der Waals surface area contributed by atoms with E-state index in [0.29, 0.717) is 0 Å². The second-order valence-corrected chi connectivity index (χ2v) is 3.25. The van der Waals surface area contributed by atoms with Crippen LogP contribution in [0.1, 0.15) is 0 Å². The zero-order chi connectivity index (χ0) is 10.6. The third-order valence-corrected chi connectivity index (χ3v) is 1.98. The van der Waals surface area contributed by atoms with Crippen molar-refractivity contribution in [2.45, 2.75) is 0 Å². The van der Waals surface area contributed by atoms with Crippen molar-refractivity contribution in [3.8, 4) is 0 Å². The molecular weight excluding hydrogens is 269 g/mol. The fourth-order valence-corrected chi connectivity index (χ4v) is 1.20. The number of nitrogens with one attached hydrogen (secondary N) is 2. The molecule has 2 N–H and O–H groups in total. The summed E-state index contributed by atoms with van der Waals surface area (Å²) in [5, 5.41) is 10.8. The van der Waals surface area contributed by atoms with Gasteiger partial charge in [-0.15, -0.1) is 25.5 Å². The Hall–Kier alpha value is 0.104. The van der Waals surface area contributed by atoms with Crippen molar-refractivity contribution in [2.75, 3.05) is 39.3 Å². The van der Waals surface area contributed by atoms with Crippen LogP contribution in [0.25, 0.3) is 5.32 Å². The van der Waals surface area contributed by atoms with Crippen LogP contribution >= 0.6 is 12.4 Å². The summed E-state index contributed by atoms with van der Waals surface area (Å²) in [5.41, 5.74) is 0. The molecule has 2 rings (SSSR count). The molecule has 0 saturated carbocycles. The predicted molar refractivity (Wildman–Crippen MR) is 71.4 cm³/mol. The van der Waals surface area contributed by atoms with Crippen LogP contribution in [0.15, 0.2) is 30.3 Å². The standard InChI is InChI=1S/C6H14N3.C6H5.ClH.Ti/c1-2-8-5-6-9-4-3-7-1;1-2-4-6-5-3-1;;/h7-8H,1-6H2;1-5H;1H;/q2*-1;;+2. The van der Waals surface area contributed by atoms with E-state index in [0.717, 1.165) is 39.3 Å². The van der Waals surface area contributed by atoms with Gasteiger partial charge in [-0.1, -0.05) is 0 Å². The number of rotatable bonds is 0. The summed E-state index contributed by atoms with van der Waals surface area (Å²) >= 11 is 0. The van der Waals surface area contributed by atoms with Gasteiger partial charge in [-0.25, -0.2) is 0 Å². The van der Waals surface area contributed by atoms with Gasteiger partial charge in [0.15, 0.2) is 0 Å². The maximum atomic E-state index is 4.27. The Morgan fingerprint density at radius 1 is 0.824 bits per heavy atom. The molecule has 1 aromatic rings. The zero-order valence-electron chi connectivity index (χ0n) is 9.98. The molecule has 0 aromatic heterocycles. The van der Waals surface area contributed by atoms with Crippen molar-refractivity contribution in [2.24, 2.45) is 0 Å². The Bertz CT molecular complexity index is 169. The Morgan fingerprint density at radius 3 is 1.71 bits per heavy atom. The van der Waals surface area contributed by atoms with Crippen molar-refractivity contribution < 1.29 is 21.7 Å². The second-order valence-electron chi connectivity index (χ2n) is 3.25. The van der Waals surface area contributed by atoms with Crippen LogP contribution in [0.5, 0.6) is 0 Å². The van der Waals surface area contributed by atoms with Crippen LogP contribution in [0.3, 0.4) is 0 Å². The predicted octanol–water partition coefficient (Wildman–Crippen LogP) is 1.46. The largest absolute Gasteiger partial charge is 2.00 e. The molecule has 1 heterocycles. The van der Waals surface area contributed by atoms with Crippen molar-refractivity contribution in [3.63, 3.8) is 0 Å². The van der Waals surface area contributed by atoms with E-state index in [1.165, 1.54) is 0 Å². The van der Waals surface area contributed by atoms with Gasteiger partial charge in [0.1, 0.15) is 0 Å². The fraction of sp³-hybridized carbons (Fsp3) is 0.500. The van der Waals surface area contributed by atoms with Crippen LogP contribution < -0.4 is 10.6 Å². The Kier molecular flexibility index (Phi) is 18.4. The number of halogens is 1. The van der Waals surface area contributed by atoms with Gasteiger partial charge in [-0.05, 0) is 13.1 Å². The maximum absolute atomic E-state index is 4.27. The summed E-state index contributed by atoms with van der Waals surface area (Å²) < 4.78 is 0. The molecule has 94 valence electrons. The van der Waals surface area contributed by atoms with Crippen LogP contribution in [0.2, 0.25) is 0 Å². The minimum absolute atomic E-state index is 0. The van der Waals surface area contributed by atoms with E-state index in [9.17, 15) is 0 Å². The van der Waals surface area contributed by atoms with E-state index in [1.54, 1.807) is 0 Å². The third kappa shape index (κ3) is 14.0. The van der Waals surface area contributed by atoms with Gasteiger partial charge >= 0.3 is 21.7 Å². The molecule has 1 fully saturated rings. The molecule has 1 saturated heterocycles. The maximum Gasteiger partial charge on any atom is 2.00 e. The summed E-state index contributed by atoms with van der Waals surface area (Å²) in [5.74, 6) is 0. The number of hydrogen-bond acceptors (Lipinski definition) is 2. The van der Waals surface area contributed by atoms with Gasteiger partial charge in [-0.2, -0.15) is 36.4 Å². The molecule has 0 aliphatic carbocycles. The quantitative estimate of drug-likeness (QED) is 0.560. The Morgan fingerprint density at radius 2 is 1.35 bits per heavy atom. The summed E-state index contributed by atoms with van der Waals surface area (Å²) in [4.78, 5) is 0. The van der Waals surface area contributed by atoms with Crippen LogP contribution in [-0.2, 0) is 21.7 Å². The summed E-state index contributed by atoms with van der Waals surface area (Å²) in [6.45, 7) is 6.19. The van der Waals surface area contributed by atoms with Crippen molar-refractivity contribution >= 4 is 12.4 Å². The first-order valence-electron chi connectivity index (χ1n) is 5.46. The molecule has 0 unspecified atom stereocenters. The molecule has 0 atom stereocenters. The minimum atomic E-state index is 0. The Labute approximate surface area is 125 Å². The molecule has 3 nitrogen and oxygen atoms in total. The van der Waals surface area contributed by atoms with E-state index >= 15 is 0 Å². The van der Waals surface area contributed by atoms with Gasteiger partial charge in [0.25, 0.3) is 0 Å². The topological polar surface area (TPSA) is 38.2 Å². The zero-order valence-corrected chi connectivity index (χ0v) is 12.4. The minimum Gasteiger partial charge on any atom is -0.660 e. The van der Waals surface area contributed by atoms with E-state index in [-0.39, 0.29) is 34.1 Å². The number of hydrogen-bond donors (Lipinski definition) is 2. The Balaban J connectivity index is 0. The van der Waals surface area contributed by atoms with E-state index in [4.69, 9.17) is 0 Å². The summed E-state index contributed by atoms with van der Waals surface area (Å²) in [7, 11) is 0. The first kappa shape index (κ1) is 19.4. The molecule has 0 spiro atoms. The molecular formula is C12H20ClN3Ti. The van der Waals surface area contributed by atoms with Gasteiger partial charge in [0.05, 0.1) is 0 Å². The SMILES string of the molecule is C1CNCCNCC[N-]1.Cl.[Ti+2].[c-]1ccccc1. The average molecular weight is 290 g/mol. The normalized spacial score (nSPS) is 15.5. The van der Waals surface area contributed by atoms with Gasteiger partial charge in [-0.3, -0.25) is 0 Å².